The molecule has 0 bridgehead atoms. The van der Waals surface area contributed by atoms with Gasteiger partial charge in [0.05, 0.1) is 0 Å². The monoisotopic (exact) mass is 329 g/mol. The van der Waals surface area contributed by atoms with Crippen molar-refractivity contribution < 1.29 is 37.9 Å². The fourth-order valence-corrected chi connectivity index (χ4v) is 0.970. The van der Waals surface area contributed by atoms with Gasteiger partial charge in [-0.05, 0) is 0 Å². The van der Waals surface area contributed by atoms with Crippen molar-refractivity contribution in [2.45, 2.75) is 20.8 Å². The summed E-state index contributed by atoms with van der Waals surface area (Å²) in [6.07, 6.45) is 1.48. The molecule has 19 heavy (non-hydrogen) atoms. The molecular weight excluding hydrogens is 312 g/mol. The van der Waals surface area contributed by atoms with Crippen LogP contribution in [0.4, 0.5) is 0 Å². The predicted molar refractivity (Wildman–Crippen MR) is 73.1 cm³/mol. The summed E-state index contributed by atoms with van der Waals surface area (Å²) in [7, 11) is 4.92. The number of hydrogen-bond donors (Lipinski definition) is 1. The van der Waals surface area contributed by atoms with E-state index in [-0.39, 0.29) is 38.2 Å². The van der Waals surface area contributed by atoms with Crippen LogP contribution in [0.25, 0.3) is 0 Å². The van der Waals surface area contributed by atoms with Crippen molar-refractivity contribution in [2.24, 2.45) is 4.90 Å². The Kier molecular flexibility index (Phi) is 14.6. The van der Waals surface area contributed by atoms with Crippen LogP contribution in [-0.4, -0.2) is 17.9 Å². The van der Waals surface area contributed by atoms with Gasteiger partial charge >= 0.3 is 0 Å². The van der Waals surface area contributed by atoms with E-state index in [1.54, 1.807) is 0 Å². The SMILES string of the molecule is CC.[B]N=c1c[c-]c(C)cn1O.[Y].[c-]1ccccc1. The molecule has 0 atom stereocenters. The zero-order valence-electron chi connectivity index (χ0n) is 11.5. The molecule has 1 aromatic carbocycles. The summed E-state index contributed by atoms with van der Waals surface area (Å²) >= 11 is 0. The largest absolute Gasteiger partial charge is 0.450 e. The predicted octanol–water partition coefficient (Wildman–Crippen LogP) is 2.33. The van der Waals surface area contributed by atoms with Gasteiger partial charge in [-0.15, -0.1) is 11.6 Å². The van der Waals surface area contributed by atoms with E-state index in [1.807, 2.05) is 51.1 Å². The first-order valence-corrected chi connectivity index (χ1v) is 5.69. The van der Waals surface area contributed by atoms with Crippen molar-refractivity contribution in [1.82, 2.24) is 4.73 Å². The van der Waals surface area contributed by atoms with E-state index in [2.05, 4.69) is 17.0 Å². The first-order chi connectivity index (χ1) is 8.74. The van der Waals surface area contributed by atoms with Gasteiger partial charge in [-0.1, -0.05) is 27.0 Å². The van der Waals surface area contributed by atoms with Crippen LogP contribution >= 0.6 is 0 Å². The molecular formula is C14H17BN2OY-2. The van der Waals surface area contributed by atoms with Crippen molar-refractivity contribution >= 4 is 7.98 Å². The standard InChI is InChI=1S/C6H6BN2O.C6H5.C2H6.Y/c1-5-2-3-6(8-7)9(10)4-5;1-2-4-6-5-3-1;1-2;/h3-4,10H,1H3;1-5H;1-2H3;/q2*-1;;. The Bertz CT molecular complexity index is 460. The van der Waals surface area contributed by atoms with Crippen LogP contribution in [0.15, 0.2) is 47.5 Å². The van der Waals surface area contributed by atoms with E-state index < -0.39 is 0 Å². The quantitative estimate of drug-likeness (QED) is 0.450. The third kappa shape index (κ3) is 9.68. The van der Waals surface area contributed by atoms with Gasteiger partial charge in [-0.2, -0.15) is 42.5 Å². The molecule has 0 fully saturated rings. The number of hydrogen-bond acceptors (Lipinski definition) is 2. The van der Waals surface area contributed by atoms with E-state index in [1.165, 1.54) is 12.3 Å². The summed E-state index contributed by atoms with van der Waals surface area (Å²) in [5.74, 6) is 0. The fraction of sp³-hybridized carbons (Fsp3) is 0.214. The maximum atomic E-state index is 9.01. The Hall–Kier alpha value is -0.861. The van der Waals surface area contributed by atoms with Gasteiger partial charge in [-0.25, -0.2) is 0 Å². The fourth-order valence-electron chi connectivity index (χ4n) is 0.970. The molecule has 2 aromatic rings. The molecule has 0 aliphatic heterocycles. The van der Waals surface area contributed by atoms with E-state index in [0.717, 1.165) is 10.3 Å². The zero-order chi connectivity index (χ0) is 13.8. The third-order valence-corrected chi connectivity index (χ3v) is 1.72. The molecule has 97 valence electrons. The Labute approximate surface area is 141 Å². The van der Waals surface area contributed by atoms with Crippen LogP contribution in [0.2, 0.25) is 0 Å². The summed E-state index contributed by atoms with van der Waals surface area (Å²) in [5.41, 5.74) is 1.11. The van der Waals surface area contributed by atoms with Gasteiger partial charge in [0.2, 0.25) is 7.98 Å². The molecule has 0 aliphatic carbocycles. The van der Waals surface area contributed by atoms with Crippen molar-refractivity contribution in [2.75, 3.05) is 0 Å². The molecule has 1 aromatic heterocycles. The molecule has 0 unspecified atom stereocenters. The van der Waals surface area contributed by atoms with E-state index in [9.17, 15) is 0 Å². The van der Waals surface area contributed by atoms with Gasteiger partial charge < -0.3 is 10.1 Å². The van der Waals surface area contributed by atoms with Gasteiger partial charge in [0.25, 0.3) is 0 Å². The van der Waals surface area contributed by atoms with Crippen LogP contribution < -0.4 is 5.49 Å². The minimum Gasteiger partial charge on any atom is -0.450 e. The average Bonchev–Trinajstić information content (AvgIpc) is 2.44. The van der Waals surface area contributed by atoms with Crippen molar-refractivity contribution in [3.05, 3.63) is 65.8 Å². The molecule has 0 spiro atoms. The molecule has 5 heteroatoms. The van der Waals surface area contributed by atoms with Gasteiger partial charge in [0.15, 0.2) is 0 Å². The molecule has 3 nitrogen and oxygen atoms in total. The van der Waals surface area contributed by atoms with E-state index in [0.29, 0.717) is 0 Å². The molecule has 0 amide bonds. The van der Waals surface area contributed by atoms with Gasteiger partial charge in [0.1, 0.15) is 0 Å². The normalized spacial score (nSPS) is 9.11. The number of rotatable bonds is 0. The number of aryl methyl sites for hydroxylation is 1. The van der Waals surface area contributed by atoms with Crippen molar-refractivity contribution in [3.63, 3.8) is 0 Å². The zero-order valence-corrected chi connectivity index (χ0v) is 14.4. The second-order valence-electron chi connectivity index (χ2n) is 3.01. The van der Waals surface area contributed by atoms with Crippen LogP contribution in [0.5, 0.6) is 0 Å². The van der Waals surface area contributed by atoms with E-state index >= 15 is 0 Å². The Morgan fingerprint density at radius 1 is 1.21 bits per heavy atom. The number of benzene rings is 1. The average molecular weight is 329 g/mol. The Balaban J connectivity index is 0. The maximum Gasteiger partial charge on any atom is 0.239 e. The van der Waals surface area contributed by atoms with E-state index in [4.69, 9.17) is 13.2 Å². The minimum atomic E-state index is 0. The van der Waals surface area contributed by atoms with Crippen LogP contribution in [-0.2, 0) is 32.7 Å². The van der Waals surface area contributed by atoms with Gasteiger partial charge in [-0.3, -0.25) is 4.73 Å². The molecule has 2 rings (SSSR count). The molecule has 3 radical (unpaired) electrons. The third-order valence-electron chi connectivity index (χ3n) is 1.72. The van der Waals surface area contributed by atoms with Crippen LogP contribution in [0.3, 0.4) is 0 Å². The topological polar surface area (TPSA) is 37.5 Å². The van der Waals surface area contributed by atoms with Crippen molar-refractivity contribution in [1.29, 1.82) is 0 Å². The number of nitrogens with zero attached hydrogens (tertiary/aromatic N) is 2. The first-order valence-electron chi connectivity index (χ1n) is 5.69. The summed E-state index contributed by atoms with van der Waals surface area (Å²) < 4.78 is 0.853. The summed E-state index contributed by atoms with van der Waals surface area (Å²) in [6, 6.07) is 16.8. The molecule has 1 N–H and O–H groups in total. The number of pyridine rings is 1. The van der Waals surface area contributed by atoms with Crippen molar-refractivity contribution in [3.8, 4) is 0 Å². The first kappa shape index (κ1) is 20.5. The summed E-state index contributed by atoms with van der Waals surface area (Å²) in [5, 5.41) is 9.01. The smallest absolute Gasteiger partial charge is 0.239 e. The summed E-state index contributed by atoms with van der Waals surface area (Å²) in [4.78, 5) is 3.29. The Morgan fingerprint density at radius 3 is 2.11 bits per heavy atom. The minimum absolute atomic E-state index is 0. The molecule has 0 aliphatic rings. The Morgan fingerprint density at radius 2 is 1.79 bits per heavy atom. The van der Waals surface area contributed by atoms with Gasteiger partial charge in [0, 0.05) is 38.2 Å². The molecule has 1 heterocycles. The van der Waals surface area contributed by atoms with Crippen LogP contribution in [0, 0.1) is 19.1 Å². The second kappa shape index (κ2) is 13.6. The summed E-state index contributed by atoms with van der Waals surface area (Å²) in [6.45, 7) is 5.81. The molecule has 0 saturated carbocycles. The second-order valence-corrected chi connectivity index (χ2v) is 3.01. The maximum absolute atomic E-state index is 9.01. The molecule has 0 saturated heterocycles. The number of aromatic nitrogens is 1. The van der Waals surface area contributed by atoms with Crippen LogP contribution in [0.1, 0.15) is 19.4 Å².